The number of ether oxygens (including phenoxy) is 1. The molecule has 0 saturated carbocycles. The van der Waals surface area contributed by atoms with Gasteiger partial charge in [-0.1, -0.05) is 19.9 Å². The van der Waals surface area contributed by atoms with Crippen molar-refractivity contribution in [3.05, 3.63) is 24.3 Å². The molecule has 0 unspecified atom stereocenters. The minimum absolute atomic E-state index is 0.0123. The molecule has 0 saturated heterocycles. The Morgan fingerprint density at radius 1 is 1.43 bits per heavy atom. The first-order valence-electron chi connectivity index (χ1n) is 4.58. The van der Waals surface area contributed by atoms with Crippen LogP contribution in [0.4, 0.5) is 5.69 Å². The summed E-state index contributed by atoms with van der Waals surface area (Å²) < 4.78 is 5.05. The molecule has 0 radical (unpaired) electrons. The van der Waals surface area contributed by atoms with Gasteiger partial charge < -0.3 is 10.1 Å². The smallest absolute Gasteiger partial charge is 0.226 e. The van der Waals surface area contributed by atoms with Gasteiger partial charge in [0, 0.05) is 17.7 Å². The predicted octanol–water partition coefficient (Wildman–Crippen LogP) is 2.29. The topological polar surface area (TPSA) is 38.3 Å². The van der Waals surface area contributed by atoms with Crippen LogP contribution in [0.1, 0.15) is 13.8 Å². The third-order valence-corrected chi connectivity index (χ3v) is 1.86. The molecule has 0 heterocycles. The van der Waals surface area contributed by atoms with Crippen molar-refractivity contribution in [2.24, 2.45) is 5.92 Å². The maximum Gasteiger partial charge on any atom is 0.226 e. The molecule has 1 rings (SSSR count). The van der Waals surface area contributed by atoms with Gasteiger partial charge in [0.05, 0.1) is 7.11 Å². The highest BCUT2D eigenvalue weighted by molar-refractivity contribution is 5.92. The molecule has 1 aromatic rings. The monoisotopic (exact) mass is 193 g/mol. The SMILES string of the molecule is COc1cccc(NC(=O)C(C)C)c1. The van der Waals surface area contributed by atoms with Crippen LogP contribution >= 0.6 is 0 Å². The van der Waals surface area contributed by atoms with Crippen LogP contribution in [0.25, 0.3) is 0 Å². The summed E-state index contributed by atoms with van der Waals surface area (Å²) in [5, 5.41) is 2.80. The minimum Gasteiger partial charge on any atom is -0.497 e. The molecule has 0 aliphatic heterocycles. The van der Waals surface area contributed by atoms with Crippen molar-refractivity contribution in [3.63, 3.8) is 0 Å². The lowest BCUT2D eigenvalue weighted by Crippen LogP contribution is -2.17. The standard InChI is InChI=1S/C11H15NO2/c1-8(2)11(13)12-9-5-4-6-10(7-9)14-3/h4-8H,1-3H3,(H,12,13). The number of rotatable bonds is 3. The fraction of sp³-hybridized carbons (Fsp3) is 0.364. The number of nitrogens with one attached hydrogen (secondary N) is 1. The molecule has 0 aromatic heterocycles. The molecule has 0 fully saturated rings. The summed E-state index contributed by atoms with van der Waals surface area (Å²) in [6, 6.07) is 7.31. The fourth-order valence-corrected chi connectivity index (χ4v) is 0.987. The van der Waals surface area contributed by atoms with Gasteiger partial charge in [-0.2, -0.15) is 0 Å². The predicted molar refractivity (Wildman–Crippen MR) is 56.5 cm³/mol. The van der Waals surface area contributed by atoms with Gasteiger partial charge >= 0.3 is 0 Å². The van der Waals surface area contributed by atoms with Crippen molar-refractivity contribution in [1.29, 1.82) is 0 Å². The van der Waals surface area contributed by atoms with Crippen molar-refractivity contribution >= 4 is 11.6 Å². The van der Waals surface area contributed by atoms with E-state index >= 15 is 0 Å². The Morgan fingerprint density at radius 3 is 2.71 bits per heavy atom. The highest BCUT2D eigenvalue weighted by atomic mass is 16.5. The molecule has 0 bridgehead atoms. The van der Waals surface area contributed by atoms with E-state index in [0.29, 0.717) is 0 Å². The van der Waals surface area contributed by atoms with E-state index in [0.717, 1.165) is 11.4 Å². The minimum atomic E-state index is -0.0128. The second-order valence-electron chi connectivity index (χ2n) is 3.38. The van der Waals surface area contributed by atoms with Gasteiger partial charge in [0.1, 0.15) is 5.75 Å². The van der Waals surface area contributed by atoms with E-state index in [4.69, 9.17) is 4.74 Å². The number of carbonyl (C=O) groups excluding carboxylic acids is 1. The van der Waals surface area contributed by atoms with Crippen molar-refractivity contribution in [2.45, 2.75) is 13.8 Å². The lowest BCUT2D eigenvalue weighted by atomic mass is 10.2. The van der Waals surface area contributed by atoms with Gasteiger partial charge in [0.15, 0.2) is 0 Å². The molecule has 0 spiro atoms. The van der Waals surface area contributed by atoms with Crippen LogP contribution in [-0.4, -0.2) is 13.0 Å². The van der Waals surface area contributed by atoms with E-state index in [2.05, 4.69) is 5.32 Å². The highest BCUT2D eigenvalue weighted by Crippen LogP contribution is 2.17. The number of hydrogen-bond acceptors (Lipinski definition) is 2. The molecule has 3 heteroatoms. The van der Waals surface area contributed by atoms with Gasteiger partial charge in [-0.25, -0.2) is 0 Å². The van der Waals surface area contributed by atoms with Gasteiger partial charge in [-0.15, -0.1) is 0 Å². The van der Waals surface area contributed by atoms with Gasteiger partial charge in [0.2, 0.25) is 5.91 Å². The Bertz CT molecular complexity index is 321. The summed E-state index contributed by atoms with van der Waals surface area (Å²) in [5.41, 5.74) is 0.767. The van der Waals surface area contributed by atoms with Gasteiger partial charge in [-0.3, -0.25) is 4.79 Å². The zero-order valence-corrected chi connectivity index (χ0v) is 8.70. The van der Waals surface area contributed by atoms with E-state index in [-0.39, 0.29) is 11.8 Å². The number of amides is 1. The van der Waals surface area contributed by atoms with Crippen LogP contribution in [0.5, 0.6) is 5.75 Å². The average molecular weight is 193 g/mol. The van der Waals surface area contributed by atoms with Gasteiger partial charge in [-0.05, 0) is 12.1 Å². The second kappa shape index (κ2) is 4.65. The molecule has 3 nitrogen and oxygen atoms in total. The zero-order valence-electron chi connectivity index (χ0n) is 8.70. The largest absolute Gasteiger partial charge is 0.497 e. The Hall–Kier alpha value is -1.51. The molecule has 76 valence electrons. The van der Waals surface area contributed by atoms with Crippen LogP contribution in [0.3, 0.4) is 0 Å². The average Bonchev–Trinajstić information content (AvgIpc) is 2.18. The summed E-state index contributed by atoms with van der Waals surface area (Å²) in [6.45, 7) is 3.71. The summed E-state index contributed by atoms with van der Waals surface area (Å²) in [7, 11) is 1.60. The van der Waals surface area contributed by atoms with Crippen LogP contribution in [0.15, 0.2) is 24.3 Å². The number of carbonyl (C=O) groups is 1. The van der Waals surface area contributed by atoms with Crippen molar-refractivity contribution in [1.82, 2.24) is 0 Å². The van der Waals surface area contributed by atoms with E-state index in [9.17, 15) is 4.79 Å². The summed E-state index contributed by atoms with van der Waals surface area (Å²) >= 11 is 0. The number of hydrogen-bond donors (Lipinski definition) is 1. The van der Waals surface area contributed by atoms with Crippen molar-refractivity contribution in [2.75, 3.05) is 12.4 Å². The van der Waals surface area contributed by atoms with E-state index in [1.54, 1.807) is 13.2 Å². The number of anilines is 1. The maximum atomic E-state index is 11.4. The summed E-state index contributed by atoms with van der Waals surface area (Å²) in [6.07, 6.45) is 0. The lowest BCUT2D eigenvalue weighted by molar-refractivity contribution is -0.118. The van der Waals surface area contributed by atoms with Crippen molar-refractivity contribution in [3.8, 4) is 5.75 Å². The van der Waals surface area contributed by atoms with Crippen LogP contribution < -0.4 is 10.1 Å². The quantitative estimate of drug-likeness (QED) is 0.799. The van der Waals surface area contributed by atoms with Crippen LogP contribution in [-0.2, 0) is 4.79 Å². The lowest BCUT2D eigenvalue weighted by Gasteiger charge is -2.08. The Kier molecular flexibility index (Phi) is 3.51. The Morgan fingerprint density at radius 2 is 2.14 bits per heavy atom. The van der Waals surface area contributed by atoms with E-state index in [1.807, 2.05) is 32.0 Å². The van der Waals surface area contributed by atoms with Crippen LogP contribution in [0.2, 0.25) is 0 Å². The Balaban J connectivity index is 2.72. The van der Waals surface area contributed by atoms with Crippen LogP contribution in [0, 0.1) is 5.92 Å². The number of methoxy groups -OCH3 is 1. The van der Waals surface area contributed by atoms with Crippen molar-refractivity contribution < 1.29 is 9.53 Å². The molecule has 0 atom stereocenters. The molecule has 0 aliphatic rings. The first-order chi connectivity index (χ1) is 6.63. The second-order valence-corrected chi connectivity index (χ2v) is 3.38. The highest BCUT2D eigenvalue weighted by Gasteiger charge is 2.06. The first kappa shape index (κ1) is 10.6. The molecular formula is C11H15NO2. The van der Waals surface area contributed by atoms with Gasteiger partial charge in [0.25, 0.3) is 0 Å². The van der Waals surface area contributed by atoms with E-state index in [1.165, 1.54) is 0 Å². The third-order valence-electron chi connectivity index (χ3n) is 1.86. The summed E-state index contributed by atoms with van der Waals surface area (Å²) in [4.78, 5) is 11.4. The molecule has 1 aromatic carbocycles. The normalized spacial score (nSPS) is 10.0. The molecule has 1 N–H and O–H groups in total. The zero-order chi connectivity index (χ0) is 10.6. The van der Waals surface area contributed by atoms with E-state index < -0.39 is 0 Å². The molecule has 14 heavy (non-hydrogen) atoms. The summed E-state index contributed by atoms with van der Waals surface area (Å²) in [5.74, 6) is 0.742. The number of benzene rings is 1. The third kappa shape index (κ3) is 2.76. The molecule has 1 amide bonds. The maximum absolute atomic E-state index is 11.4. The molecule has 0 aliphatic carbocycles. The first-order valence-corrected chi connectivity index (χ1v) is 4.58. The molecular weight excluding hydrogens is 178 g/mol. The fourth-order valence-electron chi connectivity index (χ4n) is 0.987. The Labute approximate surface area is 84.1 Å².